The van der Waals surface area contributed by atoms with Crippen molar-refractivity contribution in [1.29, 1.82) is 0 Å². The Labute approximate surface area is 101 Å². The van der Waals surface area contributed by atoms with Crippen molar-refractivity contribution >= 4 is 11.6 Å². The van der Waals surface area contributed by atoms with Gasteiger partial charge in [0.05, 0.1) is 6.61 Å². The third-order valence-corrected chi connectivity index (χ3v) is 2.48. The van der Waals surface area contributed by atoms with Crippen molar-refractivity contribution < 1.29 is 9.84 Å². The second-order valence-corrected chi connectivity index (χ2v) is 4.24. The van der Waals surface area contributed by atoms with E-state index in [1.165, 1.54) is 0 Å². The number of aromatic nitrogens is 2. The molecule has 0 spiro atoms. The van der Waals surface area contributed by atoms with Crippen molar-refractivity contribution in [2.24, 2.45) is 0 Å². The summed E-state index contributed by atoms with van der Waals surface area (Å²) in [5, 5.41) is 9.10. The van der Waals surface area contributed by atoms with Crippen LogP contribution in [0.25, 0.3) is 0 Å². The fourth-order valence-electron chi connectivity index (χ4n) is 1.12. The lowest BCUT2D eigenvalue weighted by molar-refractivity contribution is 0.227. The van der Waals surface area contributed by atoms with Gasteiger partial charge in [-0.1, -0.05) is 25.4 Å². The lowest BCUT2D eigenvalue weighted by Crippen LogP contribution is -2.07. The van der Waals surface area contributed by atoms with Crippen molar-refractivity contribution in [3.63, 3.8) is 0 Å². The van der Waals surface area contributed by atoms with Gasteiger partial charge in [0.25, 0.3) is 0 Å². The van der Waals surface area contributed by atoms with Crippen molar-refractivity contribution in [3.8, 4) is 5.88 Å². The van der Waals surface area contributed by atoms with Gasteiger partial charge in [-0.2, -0.15) is 4.98 Å². The molecule has 90 valence electrons. The Morgan fingerprint density at radius 3 is 2.62 bits per heavy atom. The molecule has 1 heterocycles. The van der Waals surface area contributed by atoms with Gasteiger partial charge in [-0.05, 0) is 6.92 Å². The van der Waals surface area contributed by atoms with E-state index in [2.05, 4.69) is 9.97 Å². The van der Waals surface area contributed by atoms with Gasteiger partial charge in [0.15, 0.2) is 0 Å². The van der Waals surface area contributed by atoms with Crippen LogP contribution in [0.2, 0.25) is 5.15 Å². The number of hydrogen-bond acceptors (Lipinski definition) is 4. The fraction of sp³-hybridized carbons (Fsp3) is 0.636. The molecular weight excluding hydrogens is 228 g/mol. The predicted octanol–water partition coefficient (Wildman–Crippen LogP) is 2.32. The smallest absolute Gasteiger partial charge is 0.221 e. The van der Waals surface area contributed by atoms with Crippen molar-refractivity contribution in [1.82, 2.24) is 9.97 Å². The third kappa shape index (κ3) is 3.32. The maximum atomic E-state index is 8.67. The molecule has 0 aromatic carbocycles. The zero-order valence-corrected chi connectivity index (χ0v) is 10.6. The molecular formula is C11H17ClN2O2. The second kappa shape index (κ2) is 6.01. The lowest BCUT2D eigenvalue weighted by Gasteiger charge is -2.11. The zero-order valence-electron chi connectivity index (χ0n) is 9.83. The normalized spacial score (nSPS) is 10.9. The Morgan fingerprint density at radius 2 is 2.06 bits per heavy atom. The fourth-order valence-corrected chi connectivity index (χ4v) is 1.29. The van der Waals surface area contributed by atoms with Gasteiger partial charge >= 0.3 is 0 Å². The Kier molecular flexibility index (Phi) is 4.96. The molecule has 0 bridgehead atoms. The highest BCUT2D eigenvalue weighted by atomic mass is 35.5. The monoisotopic (exact) mass is 244 g/mol. The molecule has 0 radical (unpaired) electrons. The zero-order chi connectivity index (χ0) is 12.1. The van der Waals surface area contributed by atoms with Gasteiger partial charge in [-0.3, -0.25) is 0 Å². The topological polar surface area (TPSA) is 55.2 Å². The molecule has 0 saturated heterocycles. The van der Waals surface area contributed by atoms with Crippen LogP contribution in [-0.4, -0.2) is 28.3 Å². The van der Waals surface area contributed by atoms with Crippen molar-refractivity contribution in [3.05, 3.63) is 16.5 Å². The minimum atomic E-state index is 0.106. The minimum absolute atomic E-state index is 0.106. The van der Waals surface area contributed by atoms with E-state index in [0.29, 0.717) is 29.9 Å². The van der Waals surface area contributed by atoms with Crippen LogP contribution in [0.4, 0.5) is 0 Å². The molecule has 1 N–H and O–H groups in total. The van der Waals surface area contributed by atoms with Gasteiger partial charge in [0.2, 0.25) is 5.88 Å². The number of hydrogen-bond donors (Lipinski definition) is 1. The largest absolute Gasteiger partial charge is 0.477 e. The molecule has 0 amide bonds. The predicted molar refractivity (Wildman–Crippen MR) is 63.1 cm³/mol. The lowest BCUT2D eigenvalue weighted by atomic mass is 10.2. The maximum Gasteiger partial charge on any atom is 0.221 e. The second-order valence-electron chi connectivity index (χ2n) is 3.88. The molecule has 1 aromatic rings. The van der Waals surface area contributed by atoms with Gasteiger partial charge in [-0.25, -0.2) is 4.98 Å². The highest BCUT2D eigenvalue weighted by Gasteiger charge is 2.12. The summed E-state index contributed by atoms with van der Waals surface area (Å²) in [5.41, 5.74) is 0.740. The summed E-state index contributed by atoms with van der Waals surface area (Å²) in [7, 11) is 0. The van der Waals surface area contributed by atoms with Crippen LogP contribution in [-0.2, 0) is 0 Å². The van der Waals surface area contributed by atoms with Gasteiger partial charge in [0.1, 0.15) is 11.0 Å². The number of aliphatic hydroxyl groups excluding tert-OH is 1. The summed E-state index contributed by atoms with van der Waals surface area (Å²) in [6.07, 6.45) is 0.581. The first-order valence-electron chi connectivity index (χ1n) is 5.34. The van der Waals surface area contributed by atoms with Crippen LogP contribution in [0.1, 0.15) is 37.6 Å². The summed E-state index contributed by atoms with van der Waals surface area (Å²) >= 11 is 6.00. The first-order chi connectivity index (χ1) is 7.56. The van der Waals surface area contributed by atoms with E-state index in [4.69, 9.17) is 21.4 Å². The number of rotatable bonds is 5. The molecule has 0 atom stereocenters. The summed E-state index contributed by atoms with van der Waals surface area (Å²) in [6, 6.07) is 0. The van der Waals surface area contributed by atoms with Crippen LogP contribution < -0.4 is 4.74 Å². The van der Waals surface area contributed by atoms with Crippen LogP contribution in [0.15, 0.2) is 0 Å². The molecule has 5 heteroatoms. The van der Waals surface area contributed by atoms with Crippen LogP contribution in [0.5, 0.6) is 5.88 Å². The van der Waals surface area contributed by atoms with E-state index in [-0.39, 0.29) is 12.5 Å². The molecule has 1 aromatic heterocycles. The van der Waals surface area contributed by atoms with Gasteiger partial charge in [0, 0.05) is 24.5 Å². The average molecular weight is 245 g/mol. The summed E-state index contributed by atoms with van der Waals surface area (Å²) in [4.78, 5) is 8.49. The molecule has 0 unspecified atom stereocenters. The Morgan fingerprint density at radius 1 is 1.38 bits per heavy atom. The minimum Gasteiger partial charge on any atom is -0.477 e. The molecule has 1 rings (SSSR count). The van der Waals surface area contributed by atoms with Crippen molar-refractivity contribution in [2.75, 3.05) is 13.2 Å². The Bertz CT molecular complexity index is 356. The van der Waals surface area contributed by atoms with Crippen LogP contribution in [0, 0.1) is 6.92 Å². The summed E-state index contributed by atoms with van der Waals surface area (Å²) in [6.45, 7) is 6.36. The standard InChI is InChI=1S/C11H17ClN2O2/c1-7(2)10-13-9(12)8(3)11(14-10)16-6-4-5-15/h7,15H,4-6H2,1-3H3. The highest BCUT2D eigenvalue weighted by molar-refractivity contribution is 6.30. The third-order valence-electron chi connectivity index (χ3n) is 2.12. The Hall–Kier alpha value is -0.870. The first kappa shape index (κ1) is 13.2. The molecule has 0 saturated carbocycles. The molecule has 0 aliphatic rings. The van der Waals surface area contributed by atoms with Gasteiger partial charge in [-0.15, -0.1) is 0 Å². The van der Waals surface area contributed by atoms with E-state index >= 15 is 0 Å². The van der Waals surface area contributed by atoms with Crippen LogP contribution in [0.3, 0.4) is 0 Å². The molecule has 0 aliphatic carbocycles. The van der Waals surface area contributed by atoms with Crippen LogP contribution >= 0.6 is 11.6 Å². The number of aliphatic hydroxyl groups is 1. The SMILES string of the molecule is Cc1c(Cl)nc(C(C)C)nc1OCCCO. The molecule has 4 nitrogen and oxygen atoms in total. The summed E-state index contributed by atoms with van der Waals surface area (Å²) in [5.74, 6) is 1.39. The number of nitrogens with zero attached hydrogens (tertiary/aromatic N) is 2. The van der Waals surface area contributed by atoms with E-state index in [9.17, 15) is 0 Å². The van der Waals surface area contributed by atoms with E-state index in [1.54, 1.807) is 0 Å². The maximum absolute atomic E-state index is 8.67. The van der Waals surface area contributed by atoms with Crippen molar-refractivity contribution in [2.45, 2.75) is 33.1 Å². The average Bonchev–Trinajstić information content (AvgIpc) is 2.24. The Balaban J connectivity index is 2.88. The first-order valence-corrected chi connectivity index (χ1v) is 5.71. The molecule has 0 aliphatic heterocycles. The van der Waals surface area contributed by atoms with Gasteiger partial charge < -0.3 is 9.84 Å². The van der Waals surface area contributed by atoms with E-state index in [1.807, 2.05) is 20.8 Å². The summed E-state index contributed by atoms with van der Waals surface area (Å²) < 4.78 is 5.45. The van der Waals surface area contributed by atoms with E-state index in [0.717, 1.165) is 5.56 Å². The quantitative estimate of drug-likeness (QED) is 0.638. The molecule has 16 heavy (non-hydrogen) atoms. The highest BCUT2D eigenvalue weighted by Crippen LogP contribution is 2.24. The number of halogens is 1. The van der Waals surface area contributed by atoms with E-state index < -0.39 is 0 Å². The number of ether oxygens (including phenoxy) is 1. The molecule has 0 fully saturated rings.